The second kappa shape index (κ2) is 20.1. The van der Waals surface area contributed by atoms with E-state index in [0.717, 1.165) is 23.1 Å². The lowest BCUT2D eigenvalue weighted by atomic mass is 9.94. The van der Waals surface area contributed by atoms with Crippen molar-refractivity contribution in [3.8, 4) is 0 Å². The average Bonchev–Trinajstić information content (AvgIpc) is 2.94. The Balaban J connectivity index is 2.12. The summed E-state index contributed by atoms with van der Waals surface area (Å²) in [4.78, 5) is 0. The van der Waals surface area contributed by atoms with E-state index in [-0.39, 0.29) is 21.6 Å². The lowest BCUT2D eigenvalue weighted by Crippen LogP contribution is -2.44. The molecule has 2 unspecified atom stereocenters. The molecule has 2 N–H and O–H groups in total. The molecule has 2 aromatic carbocycles. The molecule has 7 heteroatoms. The van der Waals surface area contributed by atoms with Crippen LogP contribution in [0.1, 0.15) is 127 Å². The third-order valence-electron chi connectivity index (χ3n) is 7.65. The van der Waals surface area contributed by atoms with Crippen LogP contribution in [0.2, 0.25) is 10.0 Å². The normalized spacial score (nSPS) is 13.9. The summed E-state index contributed by atoms with van der Waals surface area (Å²) in [5.74, 6) is 0. The standard InChI is InChI=1S/C34H54Cl2N2S3/c1-7-9-11-13-15-25-37-33(3,4)31(27-17-21-29(35)22-18-27)39-41-40-32(28-19-23-30(36)24-20-28)34(5,6)38-26-16-14-12-10-8-2/h17-24,31-32,37-38H,7-16,25-26H2,1-6H3. The molecule has 0 aromatic heterocycles. The highest BCUT2D eigenvalue weighted by molar-refractivity contribution is 9.09. The van der Waals surface area contributed by atoms with E-state index in [1.54, 1.807) is 0 Å². The van der Waals surface area contributed by atoms with E-state index in [0.29, 0.717) is 0 Å². The lowest BCUT2D eigenvalue weighted by molar-refractivity contribution is 0.374. The van der Waals surface area contributed by atoms with Crippen LogP contribution in [-0.4, -0.2) is 24.2 Å². The Morgan fingerprint density at radius 1 is 0.561 bits per heavy atom. The average molecular weight is 658 g/mol. The molecule has 0 radical (unpaired) electrons. The molecule has 0 bridgehead atoms. The fraction of sp³-hybridized carbons (Fsp3) is 0.647. The number of halogens is 2. The van der Waals surface area contributed by atoms with E-state index in [2.05, 4.69) is 76.4 Å². The van der Waals surface area contributed by atoms with Crippen molar-refractivity contribution in [2.75, 3.05) is 13.1 Å². The Hall–Kier alpha value is -0.0100. The van der Waals surface area contributed by atoms with Crippen LogP contribution in [0.3, 0.4) is 0 Å². The van der Waals surface area contributed by atoms with Crippen molar-refractivity contribution in [3.05, 3.63) is 69.7 Å². The summed E-state index contributed by atoms with van der Waals surface area (Å²) in [5, 5.41) is 9.91. The zero-order valence-corrected chi connectivity index (χ0v) is 30.2. The monoisotopic (exact) mass is 656 g/mol. The lowest BCUT2D eigenvalue weighted by Gasteiger charge is -2.37. The minimum absolute atomic E-state index is 0.0706. The molecule has 0 spiro atoms. The SMILES string of the molecule is CCCCCCCNC(C)(C)C(SSSC(c1ccc(Cl)cc1)C(C)(C)NCCCCCCC)c1ccc(Cl)cc1. The summed E-state index contributed by atoms with van der Waals surface area (Å²) in [6.07, 6.45) is 12.9. The van der Waals surface area contributed by atoms with Crippen LogP contribution in [-0.2, 0) is 0 Å². The van der Waals surface area contributed by atoms with Crippen LogP contribution in [0.15, 0.2) is 48.5 Å². The summed E-state index contributed by atoms with van der Waals surface area (Å²) in [5.41, 5.74) is 2.48. The quantitative estimate of drug-likeness (QED) is 0.0969. The smallest absolute Gasteiger partial charge is 0.0585 e. The fourth-order valence-corrected chi connectivity index (χ4v) is 11.2. The zero-order valence-electron chi connectivity index (χ0n) is 26.2. The largest absolute Gasteiger partial charge is 0.310 e. The number of unbranched alkanes of at least 4 members (excludes halogenated alkanes) is 8. The van der Waals surface area contributed by atoms with Gasteiger partial charge < -0.3 is 10.6 Å². The molecule has 2 atom stereocenters. The van der Waals surface area contributed by atoms with Crippen molar-refractivity contribution < 1.29 is 0 Å². The van der Waals surface area contributed by atoms with Gasteiger partial charge in [0.05, 0.1) is 10.5 Å². The topological polar surface area (TPSA) is 24.1 Å². The molecule has 0 heterocycles. The Morgan fingerprint density at radius 3 is 1.24 bits per heavy atom. The molecule has 0 saturated carbocycles. The molecule has 0 aliphatic heterocycles. The first kappa shape index (κ1) is 37.2. The van der Waals surface area contributed by atoms with Crippen LogP contribution >= 0.6 is 54.6 Å². The fourth-order valence-electron chi connectivity index (χ4n) is 5.03. The van der Waals surface area contributed by atoms with Crippen molar-refractivity contribution in [1.29, 1.82) is 0 Å². The first-order valence-electron chi connectivity index (χ1n) is 15.6. The van der Waals surface area contributed by atoms with Crippen LogP contribution in [0.5, 0.6) is 0 Å². The predicted molar refractivity (Wildman–Crippen MR) is 193 cm³/mol. The molecule has 2 aromatic rings. The zero-order chi connectivity index (χ0) is 30.1. The van der Waals surface area contributed by atoms with Gasteiger partial charge in [-0.25, -0.2) is 0 Å². The predicted octanol–water partition coefficient (Wildman–Crippen LogP) is 12.5. The van der Waals surface area contributed by atoms with Gasteiger partial charge in [-0.2, -0.15) is 0 Å². The van der Waals surface area contributed by atoms with Crippen molar-refractivity contribution in [1.82, 2.24) is 10.6 Å². The molecule has 2 rings (SSSR count). The maximum Gasteiger partial charge on any atom is 0.0585 e. The minimum atomic E-state index is -0.0706. The summed E-state index contributed by atoms with van der Waals surface area (Å²) in [7, 11) is 5.83. The molecule has 232 valence electrons. The van der Waals surface area contributed by atoms with Crippen LogP contribution in [0.4, 0.5) is 0 Å². The summed E-state index contributed by atoms with van der Waals surface area (Å²) in [6, 6.07) is 16.8. The van der Waals surface area contributed by atoms with Crippen molar-refractivity contribution in [2.24, 2.45) is 0 Å². The van der Waals surface area contributed by atoms with Crippen molar-refractivity contribution in [2.45, 2.75) is 127 Å². The third kappa shape index (κ3) is 14.1. The van der Waals surface area contributed by atoms with Gasteiger partial charge in [0, 0.05) is 21.1 Å². The van der Waals surface area contributed by atoms with E-state index < -0.39 is 0 Å². The highest BCUT2D eigenvalue weighted by atomic mass is 35.5. The highest BCUT2D eigenvalue weighted by Crippen LogP contribution is 2.55. The molecule has 41 heavy (non-hydrogen) atoms. The molecule has 0 fully saturated rings. The minimum Gasteiger partial charge on any atom is -0.310 e. The van der Waals surface area contributed by atoms with Gasteiger partial charge in [0.15, 0.2) is 0 Å². The van der Waals surface area contributed by atoms with Crippen LogP contribution in [0, 0.1) is 0 Å². The summed E-state index contributed by atoms with van der Waals surface area (Å²) in [6.45, 7) is 16.0. The number of hydrogen-bond donors (Lipinski definition) is 2. The van der Waals surface area contributed by atoms with Gasteiger partial charge in [0.25, 0.3) is 0 Å². The molecule has 0 amide bonds. The number of hydrogen-bond acceptors (Lipinski definition) is 5. The maximum atomic E-state index is 6.28. The Kier molecular flexibility index (Phi) is 18.2. The van der Waals surface area contributed by atoms with Gasteiger partial charge in [-0.15, -0.1) is 0 Å². The van der Waals surface area contributed by atoms with Gasteiger partial charge in [-0.05, 0) is 98.8 Å². The van der Waals surface area contributed by atoms with Gasteiger partial charge in [0.2, 0.25) is 0 Å². The maximum absolute atomic E-state index is 6.28. The molecule has 2 nitrogen and oxygen atoms in total. The van der Waals surface area contributed by atoms with Gasteiger partial charge in [-0.1, -0.05) is 134 Å². The molecule has 0 aliphatic rings. The first-order chi connectivity index (χ1) is 19.6. The van der Waals surface area contributed by atoms with Gasteiger partial charge in [-0.3, -0.25) is 0 Å². The summed E-state index contributed by atoms with van der Waals surface area (Å²) >= 11 is 12.6. The van der Waals surface area contributed by atoms with E-state index >= 15 is 0 Å². The van der Waals surface area contributed by atoms with Crippen molar-refractivity contribution >= 4 is 54.6 Å². The number of rotatable bonds is 22. The van der Waals surface area contributed by atoms with E-state index in [9.17, 15) is 0 Å². The van der Waals surface area contributed by atoms with Crippen LogP contribution in [0.25, 0.3) is 0 Å². The number of nitrogens with one attached hydrogen (secondary N) is 2. The second-order valence-electron chi connectivity index (χ2n) is 12.2. The van der Waals surface area contributed by atoms with Gasteiger partial charge >= 0.3 is 0 Å². The Bertz CT molecular complexity index is 874. The Morgan fingerprint density at radius 2 is 0.902 bits per heavy atom. The first-order valence-corrected chi connectivity index (χ1v) is 20.0. The summed E-state index contributed by atoms with van der Waals surface area (Å²) < 4.78 is 0. The van der Waals surface area contributed by atoms with E-state index in [1.807, 2.05) is 55.7 Å². The van der Waals surface area contributed by atoms with Gasteiger partial charge in [0.1, 0.15) is 0 Å². The van der Waals surface area contributed by atoms with E-state index in [4.69, 9.17) is 23.2 Å². The molecular formula is C34H54Cl2N2S3. The molecular weight excluding hydrogens is 603 g/mol. The molecule has 0 saturated heterocycles. The molecule has 0 aliphatic carbocycles. The van der Waals surface area contributed by atoms with Crippen LogP contribution < -0.4 is 10.6 Å². The van der Waals surface area contributed by atoms with E-state index in [1.165, 1.54) is 75.3 Å². The Labute approximate surface area is 273 Å². The third-order valence-corrected chi connectivity index (χ3v) is 13.5. The second-order valence-corrected chi connectivity index (χ2v) is 17.4. The van der Waals surface area contributed by atoms with Crippen molar-refractivity contribution in [3.63, 3.8) is 0 Å². The number of benzene rings is 2. The highest BCUT2D eigenvalue weighted by Gasteiger charge is 2.34.